The molecule has 0 aliphatic heterocycles. The van der Waals surface area contributed by atoms with Crippen molar-refractivity contribution in [3.05, 3.63) is 5.92 Å². The molecular formula is C6H11ClMg. The second kappa shape index (κ2) is 4.89. The maximum Gasteiger partial charge on any atom is 2.00 e. The third-order valence-electron chi connectivity index (χ3n) is 1.81. The topological polar surface area (TPSA) is 0 Å². The zero-order valence-electron chi connectivity index (χ0n) is 5.58. The molecule has 0 aromatic carbocycles. The van der Waals surface area contributed by atoms with Crippen LogP contribution in [0.25, 0.3) is 0 Å². The van der Waals surface area contributed by atoms with Gasteiger partial charge in [-0.05, 0) is 0 Å². The predicted octanol–water partition coefficient (Wildman–Crippen LogP) is -1.37. The second-order valence-electron chi connectivity index (χ2n) is 2.29. The summed E-state index contributed by atoms with van der Waals surface area (Å²) in [5.41, 5.74) is 0. The average molecular weight is 143 g/mol. The van der Waals surface area contributed by atoms with Gasteiger partial charge in [-0.15, -0.1) is 6.42 Å². The van der Waals surface area contributed by atoms with Gasteiger partial charge in [0.1, 0.15) is 0 Å². The van der Waals surface area contributed by atoms with E-state index in [9.17, 15) is 0 Å². The fourth-order valence-electron chi connectivity index (χ4n) is 0.722. The van der Waals surface area contributed by atoms with Gasteiger partial charge in [0.2, 0.25) is 0 Å². The number of halogens is 1. The van der Waals surface area contributed by atoms with Crippen LogP contribution >= 0.6 is 0 Å². The van der Waals surface area contributed by atoms with Crippen LogP contribution in [0.5, 0.6) is 0 Å². The zero-order chi connectivity index (χ0) is 4.57. The van der Waals surface area contributed by atoms with E-state index in [1.807, 2.05) is 0 Å². The van der Waals surface area contributed by atoms with E-state index in [1.165, 1.54) is 12.8 Å². The Morgan fingerprint density at radius 3 is 1.88 bits per heavy atom. The summed E-state index contributed by atoms with van der Waals surface area (Å²) in [6.45, 7) is 4.53. The predicted molar refractivity (Wildman–Crippen MR) is 33.1 cm³/mol. The maximum absolute atomic E-state index is 2.29. The summed E-state index contributed by atoms with van der Waals surface area (Å²) in [6, 6.07) is 0. The first-order valence-electron chi connectivity index (χ1n) is 2.63. The first-order chi connectivity index (χ1) is 2.80. The van der Waals surface area contributed by atoms with Crippen LogP contribution in [-0.4, -0.2) is 23.1 Å². The molecule has 0 saturated heterocycles. The molecule has 1 aliphatic carbocycles. The third kappa shape index (κ3) is 2.56. The molecule has 0 heterocycles. The monoisotopic (exact) mass is 142 g/mol. The number of hydrogen-bond donors (Lipinski definition) is 0. The molecule has 1 aliphatic rings. The summed E-state index contributed by atoms with van der Waals surface area (Å²) in [7, 11) is 0. The number of rotatable bonds is 0. The summed E-state index contributed by atoms with van der Waals surface area (Å²) < 4.78 is 0. The van der Waals surface area contributed by atoms with E-state index >= 15 is 0 Å². The maximum atomic E-state index is 2.29. The molecule has 8 heavy (non-hydrogen) atoms. The molecule has 0 N–H and O–H groups in total. The van der Waals surface area contributed by atoms with E-state index < -0.39 is 0 Å². The van der Waals surface area contributed by atoms with Crippen molar-refractivity contribution in [3.8, 4) is 0 Å². The van der Waals surface area contributed by atoms with Crippen molar-refractivity contribution in [1.82, 2.24) is 0 Å². The fourth-order valence-corrected chi connectivity index (χ4v) is 0.722. The molecule has 2 heteroatoms. The molecule has 1 fully saturated rings. The summed E-state index contributed by atoms with van der Waals surface area (Å²) in [6.07, 6.45) is 2.83. The van der Waals surface area contributed by atoms with Gasteiger partial charge in [0, 0.05) is 0 Å². The third-order valence-corrected chi connectivity index (χ3v) is 1.81. The van der Waals surface area contributed by atoms with E-state index in [0.717, 1.165) is 5.92 Å². The van der Waals surface area contributed by atoms with Crippen LogP contribution in [0.1, 0.15) is 26.7 Å². The van der Waals surface area contributed by atoms with Crippen LogP contribution in [0.2, 0.25) is 0 Å². The molecule has 0 aromatic rings. The normalized spacial score (nSPS) is 27.0. The van der Waals surface area contributed by atoms with E-state index in [4.69, 9.17) is 0 Å². The summed E-state index contributed by atoms with van der Waals surface area (Å²) in [5.74, 6) is 2.64. The van der Waals surface area contributed by atoms with Gasteiger partial charge in [0.25, 0.3) is 0 Å². The molecule has 0 bridgehead atoms. The van der Waals surface area contributed by atoms with Crippen molar-refractivity contribution in [3.63, 3.8) is 0 Å². The van der Waals surface area contributed by atoms with E-state index in [2.05, 4.69) is 13.8 Å². The van der Waals surface area contributed by atoms with Crippen LogP contribution in [0.3, 0.4) is 0 Å². The second-order valence-corrected chi connectivity index (χ2v) is 2.29. The van der Waals surface area contributed by atoms with E-state index in [0.29, 0.717) is 0 Å². The quantitative estimate of drug-likeness (QED) is 0.290. The SMILES string of the molecule is C[C-]1CC[C@@H]1C.[Cl-].[Mg+2]. The molecule has 44 valence electrons. The molecule has 0 radical (unpaired) electrons. The smallest absolute Gasteiger partial charge is 1.00 e. The molecule has 1 rings (SSSR count). The molecule has 1 atom stereocenters. The summed E-state index contributed by atoms with van der Waals surface area (Å²) in [5, 5.41) is 0. The largest absolute Gasteiger partial charge is 2.00 e. The first-order valence-corrected chi connectivity index (χ1v) is 2.63. The Kier molecular flexibility index (Phi) is 7.22. The fraction of sp³-hybridized carbons (Fsp3) is 0.833. The molecule has 0 unspecified atom stereocenters. The van der Waals surface area contributed by atoms with Crippen molar-refractivity contribution in [2.24, 2.45) is 5.92 Å². The average Bonchev–Trinajstić information content (AvgIpc) is 1.61. The van der Waals surface area contributed by atoms with Crippen molar-refractivity contribution < 1.29 is 12.4 Å². The van der Waals surface area contributed by atoms with Gasteiger partial charge >= 0.3 is 23.1 Å². The van der Waals surface area contributed by atoms with E-state index in [1.54, 1.807) is 5.92 Å². The van der Waals surface area contributed by atoms with Gasteiger partial charge in [-0.1, -0.05) is 6.92 Å². The Hall–Kier alpha value is 1.06. The van der Waals surface area contributed by atoms with Crippen LogP contribution in [0.4, 0.5) is 0 Å². The van der Waals surface area contributed by atoms with Crippen molar-refractivity contribution >= 4 is 23.1 Å². The molecule has 0 spiro atoms. The minimum absolute atomic E-state index is 0. The summed E-state index contributed by atoms with van der Waals surface area (Å²) >= 11 is 0. The number of hydrogen-bond acceptors (Lipinski definition) is 0. The van der Waals surface area contributed by atoms with Crippen molar-refractivity contribution in [2.75, 3.05) is 0 Å². The summed E-state index contributed by atoms with van der Waals surface area (Å²) in [4.78, 5) is 0. The van der Waals surface area contributed by atoms with Gasteiger partial charge < -0.3 is 18.3 Å². The Bertz CT molecular complexity index is 48.5. The Balaban J connectivity index is 0. The minimum Gasteiger partial charge on any atom is -1.00 e. The Morgan fingerprint density at radius 1 is 1.50 bits per heavy atom. The van der Waals surface area contributed by atoms with Gasteiger partial charge in [-0.3, -0.25) is 0 Å². The first kappa shape index (κ1) is 11.8. The van der Waals surface area contributed by atoms with Gasteiger partial charge in [-0.2, -0.15) is 19.3 Å². The van der Waals surface area contributed by atoms with Crippen LogP contribution < -0.4 is 12.4 Å². The van der Waals surface area contributed by atoms with Gasteiger partial charge in [-0.25, -0.2) is 0 Å². The van der Waals surface area contributed by atoms with Gasteiger partial charge in [0.05, 0.1) is 0 Å². The molecule has 0 amide bonds. The minimum atomic E-state index is 0. The Morgan fingerprint density at radius 2 is 1.88 bits per heavy atom. The van der Waals surface area contributed by atoms with Crippen LogP contribution in [0, 0.1) is 11.8 Å². The van der Waals surface area contributed by atoms with Crippen LogP contribution in [-0.2, 0) is 0 Å². The zero-order valence-corrected chi connectivity index (χ0v) is 7.75. The van der Waals surface area contributed by atoms with Crippen LogP contribution in [0.15, 0.2) is 0 Å². The van der Waals surface area contributed by atoms with E-state index in [-0.39, 0.29) is 35.5 Å². The Labute approximate surface area is 74.0 Å². The molecule has 0 aromatic heterocycles. The van der Waals surface area contributed by atoms with Crippen molar-refractivity contribution in [1.29, 1.82) is 0 Å². The molecule has 0 nitrogen and oxygen atoms in total. The van der Waals surface area contributed by atoms with Gasteiger partial charge in [0.15, 0.2) is 0 Å². The standard InChI is InChI=1S/C6H11.ClH.Mg/c1-5-3-4-6(5)2;;/h5H,3-4H2,1-2H3;1H;/q-1;;+2/p-1/t5-;;/m0../s1. The molecule has 1 saturated carbocycles. The molecular weight excluding hydrogens is 132 g/mol. The van der Waals surface area contributed by atoms with Crippen molar-refractivity contribution in [2.45, 2.75) is 26.7 Å².